The molecule has 3 rings (SSSR count). The lowest BCUT2D eigenvalue weighted by atomic mass is 10.2. The van der Waals surface area contributed by atoms with Gasteiger partial charge in [0.1, 0.15) is 5.82 Å². The van der Waals surface area contributed by atoms with Crippen LogP contribution in [-0.4, -0.2) is 66.4 Å². The summed E-state index contributed by atoms with van der Waals surface area (Å²) in [5.74, 6) is -0.0336. The number of ether oxygens (including phenoxy) is 1. The summed E-state index contributed by atoms with van der Waals surface area (Å²) in [4.78, 5) is 42.7. The van der Waals surface area contributed by atoms with Gasteiger partial charge in [-0.2, -0.15) is 0 Å². The number of esters is 1. The van der Waals surface area contributed by atoms with E-state index in [1.165, 1.54) is 7.11 Å². The molecule has 27 heavy (non-hydrogen) atoms. The first-order chi connectivity index (χ1) is 13.1. The first-order valence-electron chi connectivity index (χ1n) is 8.51. The molecule has 1 aliphatic rings. The SMILES string of the molecule is COC(=O)c1cccc(Nc2cc(C(=O)N3CCN(C=O)CC3)ccn2)c1. The van der Waals surface area contributed by atoms with Crippen molar-refractivity contribution < 1.29 is 19.1 Å². The number of hydrogen-bond donors (Lipinski definition) is 1. The number of amides is 2. The molecule has 2 amide bonds. The molecule has 140 valence electrons. The third-order valence-corrected chi connectivity index (χ3v) is 4.31. The van der Waals surface area contributed by atoms with Gasteiger partial charge in [0.2, 0.25) is 6.41 Å². The minimum Gasteiger partial charge on any atom is -0.465 e. The molecule has 1 aliphatic heterocycles. The van der Waals surface area contributed by atoms with Crippen molar-refractivity contribution in [3.8, 4) is 0 Å². The number of nitrogens with one attached hydrogen (secondary N) is 1. The van der Waals surface area contributed by atoms with Crippen LogP contribution in [0.4, 0.5) is 11.5 Å². The highest BCUT2D eigenvalue weighted by atomic mass is 16.5. The summed E-state index contributed by atoms with van der Waals surface area (Å²) in [5.41, 5.74) is 1.59. The lowest BCUT2D eigenvalue weighted by Crippen LogP contribution is -2.48. The minimum absolute atomic E-state index is 0.102. The van der Waals surface area contributed by atoms with Gasteiger partial charge in [0.15, 0.2) is 0 Å². The van der Waals surface area contributed by atoms with Crippen molar-refractivity contribution in [2.24, 2.45) is 0 Å². The molecule has 1 N–H and O–H groups in total. The number of benzene rings is 1. The van der Waals surface area contributed by atoms with Gasteiger partial charge in [-0.3, -0.25) is 9.59 Å². The van der Waals surface area contributed by atoms with Gasteiger partial charge in [-0.05, 0) is 30.3 Å². The molecule has 1 aromatic heterocycles. The minimum atomic E-state index is -0.426. The lowest BCUT2D eigenvalue weighted by molar-refractivity contribution is -0.119. The molecular weight excluding hydrogens is 348 g/mol. The van der Waals surface area contributed by atoms with E-state index < -0.39 is 5.97 Å². The summed E-state index contributed by atoms with van der Waals surface area (Å²) in [6.07, 6.45) is 2.36. The van der Waals surface area contributed by atoms with Gasteiger partial charge in [0, 0.05) is 43.6 Å². The standard InChI is InChI=1S/C19H20N4O4/c1-27-19(26)15-3-2-4-16(11-15)21-17-12-14(5-6-20-17)18(25)23-9-7-22(13-24)8-10-23/h2-6,11-13H,7-10H2,1H3,(H,20,21). The van der Waals surface area contributed by atoms with Crippen LogP contribution in [0.3, 0.4) is 0 Å². The van der Waals surface area contributed by atoms with Crippen molar-refractivity contribution in [1.29, 1.82) is 0 Å². The van der Waals surface area contributed by atoms with Crippen molar-refractivity contribution in [1.82, 2.24) is 14.8 Å². The zero-order valence-electron chi connectivity index (χ0n) is 14.9. The number of rotatable bonds is 5. The number of hydrogen-bond acceptors (Lipinski definition) is 6. The Balaban J connectivity index is 1.71. The third kappa shape index (κ3) is 4.41. The third-order valence-electron chi connectivity index (χ3n) is 4.31. The van der Waals surface area contributed by atoms with E-state index in [9.17, 15) is 14.4 Å². The van der Waals surface area contributed by atoms with Crippen LogP contribution < -0.4 is 5.32 Å². The normalized spacial score (nSPS) is 13.8. The van der Waals surface area contributed by atoms with Crippen molar-refractivity contribution >= 4 is 29.8 Å². The maximum absolute atomic E-state index is 12.7. The number of methoxy groups -OCH3 is 1. The van der Waals surface area contributed by atoms with E-state index in [-0.39, 0.29) is 5.91 Å². The molecule has 0 unspecified atom stereocenters. The summed E-state index contributed by atoms with van der Waals surface area (Å²) in [6, 6.07) is 10.2. The fraction of sp³-hybridized carbons (Fsp3) is 0.263. The molecule has 0 saturated carbocycles. The Kier molecular flexibility index (Phi) is 5.65. The fourth-order valence-corrected chi connectivity index (χ4v) is 2.83. The van der Waals surface area contributed by atoms with Crippen molar-refractivity contribution in [3.05, 3.63) is 53.7 Å². The summed E-state index contributed by atoms with van der Waals surface area (Å²) in [6.45, 7) is 2.07. The van der Waals surface area contributed by atoms with Gasteiger partial charge in [0.25, 0.3) is 5.91 Å². The number of carbonyl (C=O) groups excluding carboxylic acids is 3. The Morgan fingerprint density at radius 3 is 2.59 bits per heavy atom. The van der Waals surface area contributed by atoms with Crippen molar-refractivity contribution in [3.63, 3.8) is 0 Å². The Bertz CT molecular complexity index is 847. The fourth-order valence-electron chi connectivity index (χ4n) is 2.83. The van der Waals surface area contributed by atoms with Gasteiger partial charge in [-0.1, -0.05) is 6.07 Å². The first kappa shape index (κ1) is 18.4. The second kappa shape index (κ2) is 8.31. The molecule has 1 saturated heterocycles. The second-order valence-corrected chi connectivity index (χ2v) is 6.06. The number of carbonyl (C=O) groups is 3. The van der Waals surface area contributed by atoms with Gasteiger partial charge in [-0.15, -0.1) is 0 Å². The maximum Gasteiger partial charge on any atom is 0.337 e. The Hall–Kier alpha value is -3.42. The van der Waals surface area contributed by atoms with Gasteiger partial charge >= 0.3 is 5.97 Å². The summed E-state index contributed by atoms with van der Waals surface area (Å²) < 4.78 is 4.72. The summed E-state index contributed by atoms with van der Waals surface area (Å²) >= 11 is 0. The van der Waals surface area contributed by atoms with Crippen molar-refractivity contribution in [2.75, 3.05) is 38.6 Å². The largest absolute Gasteiger partial charge is 0.465 e. The van der Waals surface area contributed by atoms with Gasteiger partial charge in [-0.25, -0.2) is 9.78 Å². The molecule has 2 heterocycles. The topological polar surface area (TPSA) is 91.8 Å². The maximum atomic E-state index is 12.7. The summed E-state index contributed by atoms with van der Waals surface area (Å²) in [5, 5.41) is 3.09. The van der Waals surface area contributed by atoms with Gasteiger partial charge < -0.3 is 19.9 Å². The zero-order valence-corrected chi connectivity index (χ0v) is 14.9. The Morgan fingerprint density at radius 2 is 1.89 bits per heavy atom. The molecule has 1 aromatic carbocycles. The average Bonchev–Trinajstić information content (AvgIpc) is 2.73. The molecule has 0 atom stereocenters. The number of aromatic nitrogens is 1. The molecule has 8 nitrogen and oxygen atoms in total. The molecular formula is C19H20N4O4. The monoisotopic (exact) mass is 368 g/mol. The van der Waals surface area contributed by atoms with Gasteiger partial charge in [0.05, 0.1) is 12.7 Å². The van der Waals surface area contributed by atoms with E-state index in [1.54, 1.807) is 52.4 Å². The van der Waals surface area contributed by atoms with E-state index in [4.69, 9.17) is 4.74 Å². The predicted octanol–water partition coefficient (Wildman–Crippen LogP) is 1.53. The zero-order chi connectivity index (χ0) is 19.2. The molecule has 1 fully saturated rings. The highest BCUT2D eigenvalue weighted by Gasteiger charge is 2.21. The smallest absolute Gasteiger partial charge is 0.337 e. The number of nitrogens with zero attached hydrogens (tertiary/aromatic N) is 3. The van der Waals surface area contributed by atoms with Crippen LogP contribution in [0.5, 0.6) is 0 Å². The van der Waals surface area contributed by atoms with Crippen LogP contribution in [0.25, 0.3) is 0 Å². The van der Waals surface area contributed by atoms with Crippen LogP contribution in [0.1, 0.15) is 20.7 Å². The molecule has 0 bridgehead atoms. The van der Waals surface area contributed by atoms with E-state index in [1.807, 2.05) is 0 Å². The Labute approximate surface area is 156 Å². The molecule has 0 aliphatic carbocycles. The lowest BCUT2D eigenvalue weighted by Gasteiger charge is -2.32. The van der Waals surface area contributed by atoms with Crippen LogP contribution in [-0.2, 0) is 9.53 Å². The highest BCUT2D eigenvalue weighted by Crippen LogP contribution is 2.18. The average molecular weight is 368 g/mol. The Morgan fingerprint density at radius 1 is 1.11 bits per heavy atom. The van der Waals surface area contributed by atoms with E-state index in [0.29, 0.717) is 48.8 Å². The molecule has 2 aromatic rings. The summed E-state index contributed by atoms with van der Waals surface area (Å²) in [7, 11) is 1.33. The van der Waals surface area contributed by atoms with E-state index >= 15 is 0 Å². The van der Waals surface area contributed by atoms with Crippen LogP contribution in [0.15, 0.2) is 42.6 Å². The molecule has 0 spiro atoms. The van der Waals surface area contributed by atoms with E-state index in [0.717, 1.165) is 6.41 Å². The molecule has 0 radical (unpaired) electrons. The van der Waals surface area contributed by atoms with Crippen LogP contribution in [0, 0.1) is 0 Å². The number of pyridine rings is 1. The number of anilines is 2. The molecule has 8 heteroatoms. The van der Waals surface area contributed by atoms with Crippen molar-refractivity contribution in [2.45, 2.75) is 0 Å². The number of piperazine rings is 1. The van der Waals surface area contributed by atoms with Crippen LogP contribution in [0.2, 0.25) is 0 Å². The van der Waals surface area contributed by atoms with E-state index in [2.05, 4.69) is 10.3 Å². The second-order valence-electron chi connectivity index (χ2n) is 6.06. The van der Waals surface area contributed by atoms with Crippen LogP contribution >= 0.6 is 0 Å². The quantitative estimate of drug-likeness (QED) is 0.636. The predicted molar refractivity (Wildman–Crippen MR) is 98.8 cm³/mol. The first-order valence-corrected chi connectivity index (χ1v) is 8.51. The highest BCUT2D eigenvalue weighted by molar-refractivity contribution is 5.95.